The highest BCUT2D eigenvalue weighted by molar-refractivity contribution is 5.61. The number of anilines is 1. The van der Waals surface area contributed by atoms with Crippen molar-refractivity contribution in [2.75, 3.05) is 5.73 Å². The minimum atomic E-state index is -0.917. The first-order valence-corrected chi connectivity index (χ1v) is 4.26. The van der Waals surface area contributed by atoms with E-state index in [1.54, 1.807) is 0 Å². The zero-order valence-electron chi connectivity index (χ0n) is 7.92. The number of rotatable bonds is 1. The second kappa shape index (κ2) is 3.34. The molecule has 0 radical (unpaired) electrons. The topological polar surface area (TPSA) is 52.0 Å². The van der Waals surface area contributed by atoms with Crippen molar-refractivity contribution in [2.45, 2.75) is 6.92 Å². The molecule has 0 bridgehead atoms. The van der Waals surface area contributed by atoms with Gasteiger partial charge < -0.3 is 10.3 Å². The molecule has 2 N–H and O–H groups in total. The summed E-state index contributed by atoms with van der Waals surface area (Å²) in [6, 6.07) is 3.97. The SMILES string of the molecule is Cc1cc(-c2cc(N)no2)cc(F)c1F. The van der Waals surface area contributed by atoms with E-state index in [-0.39, 0.29) is 11.4 Å². The van der Waals surface area contributed by atoms with E-state index in [2.05, 4.69) is 5.16 Å². The van der Waals surface area contributed by atoms with Crippen LogP contribution < -0.4 is 5.73 Å². The zero-order valence-corrected chi connectivity index (χ0v) is 7.92. The van der Waals surface area contributed by atoms with Crippen LogP contribution in [-0.4, -0.2) is 5.16 Å². The molecule has 0 aliphatic heterocycles. The molecule has 3 nitrogen and oxygen atoms in total. The molecule has 0 atom stereocenters. The number of nitrogens with two attached hydrogens (primary N) is 1. The number of nitrogens with zero attached hydrogens (tertiary/aromatic N) is 1. The molecule has 2 rings (SSSR count). The molecule has 0 unspecified atom stereocenters. The van der Waals surface area contributed by atoms with Gasteiger partial charge in [0.25, 0.3) is 0 Å². The van der Waals surface area contributed by atoms with Gasteiger partial charge in [-0.25, -0.2) is 8.78 Å². The smallest absolute Gasteiger partial charge is 0.169 e. The first-order valence-electron chi connectivity index (χ1n) is 4.26. The number of aryl methyl sites for hydroxylation is 1. The average molecular weight is 210 g/mol. The van der Waals surface area contributed by atoms with Crippen LogP contribution in [0.3, 0.4) is 0 Å². The van der Waals surface area contributed by atoms with Crippen LogP contribution in [0.5, 0.6) is 0 Å². The van der Waals surface area contributed by atoms with E-state index in [1.165, 1.54) is 19.1 Å². The van der Waals surface area contributed by atoms with Gasteiger partial charge in [0.15, 0.2) is 23.2 Å². The highest BCUT2D eigenvalue weighted by Crippen LogP contribution is 2.25. The summed E-state index contributed by atoms with van der Waals surface area (Å²) in [5.41, 5.74) is 5.97. The van der Waals surface area contributed by atoms with E-state index in [1.807, 2.05) is 0 Å². The molecule has 2 aromatic rings. The Morgan fingerprint density at radius 3 is 2.53 bits per heavy atom. The summed E-state index contributed by atoms with van der Waals surface area (Å²) in [6.07, 6.45) is 0. The molecule has 15 heavy (non-hydrogen) atoms. The highest BCUT2D eigenvalue weighted by Gasteiger charge is 2.11. The Bertz CT molecular complexity index is 485. The minimum absolute atomic E-state index is 0.201. The summed E-state index contributed by atoms with van der Waals surface area (Å²) in [5, 5.41) is 3.46. The van der Waals surface area contributed by atoms with E-state index in [4.69, 9.17) is 10.3 Å². The largest absolute Gasteiger partial charge is 0.381 e. The molecule has 0 saturated carbocycles. The molecule has 0 spiro atoms. The lowest BCUT2D eigenvalue weighted by Crippen LogP contribution is -1.90. The number of nitrogen functional groups attached to an aromatic ring is 1. The second-order valence-electron chi connectivity index (χ2n) is 3.20. The maximum absolute atomic E-state index is 13.1. The van der Waals surface area contributed by atoms with Gasteiger partial charge in [0.1, 0.15) is 0 Å². The van der Waals surface area contributed by atoms with Gasteiger partial charge in [-0.2, -0.15) is 0 Å². The average Bonchev–Trinajstić information content (AvgIpc) is 2.60. The van der Waals surface area contributed by atoms with Crippen molar-refractivity contribution < 1.29 is 13.3 Å². The van der Waals surface area contributed by atoms with Gasteiger partial charge in [0, 0.05) is 11.6 Å². The van der Waals surface area contributed by atoms with Gasteiger partial charge in [-0.3, -0.25) is 0 Å². The van der Waals surface area contributed by atoms with Crippen LogP contribution >= 0.6 is 0 Å². The molecule has 1 aromatic carbocycles. The fourth-order valence-corrected chi connectivity index (χ4v) is 1.29. The second-order valence-corrected chi connectivity index (χ2v) is 3.20. The van der Waals surface area contributed by atoms with Crippen LogP contribution in [-0.2, 0) is 0 Å². The molecule has 1 aromatic heterocycles. The summed E-state index contributed by atoms with van der Waals surface area (Å²) in [4.78, 5) is 0. The fourth-order valence-electron chi connectivity index (χ4n) is 1.29. The lowest BCUT2D eigenvalue weighted by atomic mass is 10.1. The molecular formula is C10H8F2N2O. The van der Waals surface area contributed by atoms with E-state index >= 15 is 0 Å². The summed E-state index contributed by atoms with van der Waals surface area (Å²) >= 11 is 0. The van der Waals surface area contributed by atoms with Gasteiger partial charge >= 0.3 is 0 Å². The Balaban J connectivity index is 2.55. The van der Waals surface area contributed by atoms with Crippen LogP contribution in [0.2, 0.25) is 0 Å². The van der Waals surface area contributed by atoms with Crippen molar-refractivity contribution >= 4 is 5.82 Å². The number of hydrogen-bond acceptors (Lipinski definition) is 3. The third-order valence-electron chi connectivity index (χ3n) is 2.02. The maximum Gasteiger partial charge on any atom is 0.169 e. The van der Waals surface area contributed by atoms with Gasteiger partial charge in [0.2, 0.25) is 0 Å². The number of hydrogen-bond donors (Lipinski definition) is 1. The molecule has 0 saturated heterocycles. The van der Waals surface area contributed by atoms with Gasteiger partial charge in [-0.05, 0) is 24.6 Å². The Kier molecular flexibility index (Phi) is 2.15. The van der Waals surface area contributed by atoms with Crippen molar-refractivity contribution in [3.63, 3.8) is 0 Å². The van der Waals surface area contributed by atoms with Gasteiger partial charge in [0.05, 0.1) is 0 Å². The van der Waals surface area contributed by atoms with Crippen molar-refractivity contribution in [1.29, 1.82) is 0 Å². The lowest BCUT2D eigenvalue weighted by molar-refractivity contribution is 0.435. The third-order valence-corrected chi connectivity index (χ3v) is 2.02. The summed E-state index contributed by atoms with van der Waals surface area (Å²) < 4.78 is 30.9. The third kappa shape index (κ3) is 1.68. The Hall–Kier alpha value is -1.91. The zero-order chi connectivity index (χ0) is 11.0. The van der Waals surface area contributed by atoms with Crippen LogP contribution in [0.15, 0.2) is 22.7 Å². The summed E-state index contributed by atoms with van der Waals surface area (Å²) in [5.74, 6) is -1.26. The Labute approximate surface area is 84.5 Å². The number of benzene rings is 1. The molecule has 78 valence electrons. The quantitative estimate of drug-likeness (QED) is 0.786. The summed E-state index contributed by atoms with van der Waals surface area (Å²) in [7, 11) is 0. The van der Waals surface area contributed by atoms with Crippen LogP contribution in [0.25, 0.3) is 11.3 Å². The molecule has 5 heteroatoms. The minimum Gasteiger partial charge on any atom is -0.381 e. The highest BCUT2D eigenvalue weighted by atomic mass is 19.2. The van der Waals surface area contributed by atoms with Crippen molar-refractivity contribution in [1.82, 2.24) is 5.16 Å². The Morgan fingerprint density at radius 1 is 1.27 bits per heavy atom. The van der Waals surface area contributed by atoms with E-state index in [0.29, 0.717) is 11.3 Å². The van der Waals surface area contributed by atoms with Crippen molar-refractivity contribution in [3.8, 4) is 11.3 Å². The fraction of sp³-hybridized carbons (Fsp3) is 0.100. The van der Waals surface area contributed by atoms with Crippen LogP contribution in [0, 0.1) is 18.6 Å². The summed E-state index contributed by atoms with van der Waals surface area (Å²) in [6.45, 7) is 1.47. The predicted molar refractivity (Wildman–Crippen MR) is 51.0 cm³/mol. The molecule has 0 aliphatic carbocycles. The number of halogens is 2. The Morgan fingerprint density at radius 2 is 2.00 bits per heavy atom. The first kappa shape index (κ1) is 9.64. The molecule has 0 amide bonds. The predicted octanol–water partition coefficient (Wildman–Crippen LogP) is 2.51. The lowest BCUT2D eigenvalue weighted by Gasteiger charge is -2.00. The molecule has 0 aliphatic rings. The van der Waals surface area contributed by atoms with Crippen LogP contribution in [0.1, 0.15) is 5.56 Å². The van der Waals surface area contributed by atoms with Crippen LogP contribution in [0.4, 0.5) is 14.6 Å². The molecular weight excluding hydrogens is 202 g/mol. The van der Waals surface area contributed by atoms with E-state index in [9.17, 15) is 8.78 Å². The van der Waals surface area contributed by atoms with Crippen molar-refractivity contribution in [2.24, 2.45) is 0 Å². The van der Waals surface area contributed by atoms with Gasteiger partial charge in [-0.15, -0.1) is 0 Å². The van der Waals surface area contributed by atoms with Gasteiger partial charge in [-0.1, -0.05) is 5.16 Å². The molecule has 0 fully saturated rings. The standard InChI is InChI=1S/C10H8F2N2O/c1-5-2-6(3-7(11)10(5)12)8-4-9(13)14-15-8/h2-4H,1H3,(H2,13,14). The monoisotopic (exact) mass is 210 g/mol. The van der Waals surface area contributed by atoms with E-state index < -0.39 is 11.6 Å². The maximum atomic E-state index is 13.1. The van der Waals surface area contributed by atoms with E-state index in [0.717, 1.165) is 6.07 Å². The van der Waals surface area contributed by atoms with Crippen molar-refractivity contribution in [3.05, 3.63) is 35.4 Å². The first-order chi connectivity index (χ1) is 7.08. The number of aromatic nitrogens is 1. The normalized spacial score (nSPS) is 10.6. The molecule has 1 heterocycles.